The number of aryl methyl sites for hydroxylation is 1. The number of rotatable bonds is 4. The smallest absolute Gasteiger partial charge is 0.359 e. The summed E-state index contributed by atoms with van der Waals surface area (Å²) in [6.45, 7) is 1.13. The summed E-state index contributed by atoms with van der Waals surface area (Å²) < 4.78 is 9.57. The van der Waals surface area contributed by atoms with E-state index in [1.54, 1.807) is 6.92 Å². The van der Waals surface area contributed by atoms with Gasteiger partial charge in [-0.3, -0.25) is 10.1 Å². The molecule has 0 bridgehead atoms. The first-order chi connectivity index (χ1) is 10.4. The van der Waals surface area contributed by atoms with Crippen molar-refractivity contribution in [2.24, 2.45) is 0 Å². The Bertz CT molecular complexity index is 732. The van der Waals surface area contributed by atoms with E-state index in [1.807, 2.05) is 0 Å². The van der Waals surface area contributed by atoms with E-state index >= 15 is 0 Å². The van der Waals surface area contributed by atoms with Gasteiger partial charge in [0, 0.05) is 12.3 Å². The molecule has 0 atom stereocenters. The van der Waals surface area contributed by atoms with Gasteiger partial charge < -0.3 is 9.26 Å². The second-order valence-electron chi connectivity index (χ2n) is 4.04. The number of hydrogen-bond donors (Lipinski definition) is 1. The summed E-state index contributed by atoms with van der Waals surface area (Å²) >= 11 is 17.3. The predicted molar refractivity (Wildman–Crippen MR) is 79.4 cm³/mol. The molecule has 0 aliphatic heterocycles. The lowest BCUT2D eigenvalue weighted by Gasteiger charge is -2.06. The van der Waals surface area contributed by atoms with Crippen LogP contribution in [0.25, 0.3) is 0 Å². The zero-order chi connectivity index (χ0) is 16.3. The molecule has 0 radical (unpaired) electrons. The Morgan fingerprint density at radius 2 is 2.05 bits per heavy atom. The van der Waals surface area contributed by atoms with Gasteiger partial charge in [0.25, 0.3) is 5.91 Å². The predicted octanol–water partition coefficient (Wildman–Crippen LogP) is 3.13. The van der Waals surface area contributed by atoms with Crippen molar-refractivity contribution in [1.29, 1.82) is 0 Å². The summed E-state index contributed by atoms with van der Waals surface area (Å²) in [7, 11) is 0. The number of carbonyl (C=O) groups excluding carboxylic acids is 2. The summed E-state index contributed by atoms with van der Waals surface area (Å²) in [6, 6.07) is 1.51. The van der Waals surface area contributed by atoms with Gasteiger partial charge in [0.2, 0.25) is 5.88 Å². The van der Waals surface area contributed by atoms with Crippen LogP contribution in [0.3, 0.4) is 0 Å². The summed E-state index contributed by atoms with van der Waals surface area (Å²) in [4.78, 5) is 27.1. The highest BCUT2D eigenvalue weighted by molar-refractivity contribution is 6.48. The third kappa shape index (κ3) is 3.88. The van der Waals surface area contributed by atoms with Gasteiger partial charge in [0.05, 0.1) is 20.8 Å². The van der Waals surface area contributed by atoms with Gasteiger partial charge in [0.15, 0.2) is 12.3 Å². The Balaban J connectivity index is 1.95. The topological polar surface area (TPSA) is 94.3 Å². The van der Waals surface area contributed by atoms with E-state index in [0.29, 0.717) is 5.69 Å². The van der Waals surface area contributed by atoms with E-state index in [9.17, 15) is 9.59 Å². The Hall–Kier alpha value is -1.83. The number of pyridine rings is 1. The van der Waals surface area contributed by atoms with Crippen molar-refractivity contribution in [3.63, 3.8) is 0 Å². The Morgan fingerprint density at radius 3 is 2.68 bits per heavy atom. The highest BCUT2D eigenvalue weighted by atomic mass is 35.5. The van der Waals surface area contributed by atoms with E-state index in [1.165, 1.54) is 6.07 Å². The average molecular weight is 365 g/mol. The quantitative estimate of drug-likeness (QED) is 0.838. The van der Waals surface area contributed by atoms with Gasteiger partial charge in [-0.15, -0.1) is 0 Å². The lowest BCUT2D eigenvalue weighted by Crippen LogP contribution is -2.21. The number of nitrogens with one attached hydrogen (secondary N) is 1. The molecule has 10 heteroatoms. The van der Waals surface area contributed by atoms with E-state index in [4.69, 9.17) is 44.1 Å². The lowest BCUT2D eigenvalue weighted by molar-refractivity contribution is -0.119. The normalized spacial score (nSPS) is 10.4. The van der Waals surface area contributed by atoms with E-state index < -0.39 is 18.5 Å². The fourth-order valence-corrected chi connectivity index (χ4v) is 1.94. The first-order valence-corrected chi connectivity index (χ1v) is 6.91. The van der Waals surface area contributed by atoms with Crippen LogP contribution in [-0.2, 0) is 9.53 Å². The number of amides is 1. The summed E-state index contributed by atoms with van der Waals surface area (Å²) in [6.07, 6.45) is 1.16. The number of hydrogen-bond acceptors (Lipinski definition) is 6. The molecule has 0 spiro atoms. The van der Waals surface area contributed by atoms with Crippen LogP contribution in [0.5, 0.6) is 0 Å². The molecule has 1 N–H and O–H groups in total. The van der Waals surface area contributed by atoms with Crippen LogP contribution in [0.15, 0.2) is 16.8 Å². The second kappa shape index (κ2) is 6.95. The fraction of sp³-hybridized carbons (Fsp3) is 0.167. The molecule has 0 aliphatic carbocycles. The van der Waals surface area contributed by atoms with Crippen molar-refractivity contribution < 1.29 is 18.8 Å². The van der Waals surface area contributed by atoms with Crippen molar-refractivity contribution >= 4 is 52.6 Å². The van der Waals surface area contributed by atoms with Crippen molar-refractivity contribution in [1.82, 2.24) is 10.1 Å². The van der Waals surface area contributed by atoms with Crippen LogP contribution in [0.4, 0.5) is 5.88 Å². The molecule has 2 rings (SSSR count). The van der Waals surface area contributed by atoms with Gasteiger partial charge in [-0.2, -0.15) is 0 Å². The molecule has 116 valence electrons. The largest absolute Gasteiger partial charge is 0.451 e. The monoisotopic (exact) mass is 363 g/mol. The number of ether oxygens (including phenoxy) is 1. The fourth-order valence-electron chi connectivity index (χ4n) is 1.38. The highest BCUT2D eigenvalue weighted by Crippen LogP contribution is 2.31. The standard InChI is InChI=1S/C12H8Cl3N3O4/c1-5-2-8(22-18-5)17-7(19)4-21-12(20)11-10(15)9(14)6(13)3-16-11/h2-3H,4H2,1H3,(H,17,19). The third-order valence-corrected chi connectivity index (χ3v) is 3.58. The van der Waals surface area contributed by atoms with Crippen molar-refractivity contribution in [3.8, 4) is 0 Å². The minimum absolute atomic E-state index is 0.0214. The lowest BCUT2D eigenvalue weighted by atomic mass is 10.3. The number of halogens is 3. The van der Waals surface area contributed by atoms with Crippen molar-refractivity contribution in [3.05, 3.63) is 38.7 Å². The Morgan fingerprint density at radius 1 is 1.32 bits per heavy atom. The maximum Gasteiger partial charge on any atom is 0.359 e. The van der Waals surface area contributed by atoms with Crippen LogP contribution in [0.1, 0.15) is 16.2 Å². The number of carbonyl (C=O) groups is 2. The van der Waals surface area contributed by atoms with Crippen LogP contribution < -0.4 is 5.32 Å². The molecule has 2 aromatic heterocycles. The zero-order valence-electron chi connectivity index (χ0n) is 11.0. The van der Waals surface area contributed by atoms with Crippen LogP contribution in [-0.4, -0.2) is 28.6 Å². The molecular formula is C12H8Cl3N3O4. The zero-order valence-corrected chi connectivity index (χ0v) is 13.3. The number of aromatic nitrogens is 2. The van der Waals surface area contributed by atoms with Crippen molar-refractivity contribution in [2.45, 2.75) is 6.92 Å². The molecular weight excluding hydrogens is 357 g/mol. The van der Waals surface area contributed by atoms with Crippen LogP contribution in [0.2, 0.25) is 15.1 Å². The van der Waals surface area contributed by atoms with Crippen LogP contribution in [0, 0.1) is 6.92 Å². The van der Waals surface area contributed by atoms with Gasteiger partial charge >= 0.3 is 5.97 Å². The van der Waals surface area contributed by atoms with E-state index in [-0.39, 0.29) is 26.6 Å². The molecule has 0 unspecified atom stereocenters. The third-order valence-electron chi connectivity index (χ3n) is 2.34. The molecule has 1 amide bonds. The molecule has 22 heavy (non-hydrogen) atoms. The number of anilines is 1. The summed E-state index contributed by atoms with van der Waals surface area (Å²) in [5.74, 6) is -1.38. The van der Waals surface area contributed by atoms with Crippen LogP contribution >= 0.6 is 34.8 Å². The minimum Gasteiger partial charge on any atom is -0.451 e. The first kappa shape index (κ1) is 16.5. The Kier molecular flexibility index (Phi) is 5.23. The minimum atomic E-state index is -0.910. The summed E-state index contributed by atoms with van der Waals surface area (Å²) in [5.41, 5.74) is 0.360. The summed E-state index contributed by atoms with van der Waals surface area (Å²) in [5, 5.41) is 5.88. The van der Waals surface area contributed by atoms with Gasteiger partial charge in [-0.1, -0.05) is 40.0 Å². The van der Waals surface area contributed by atoms with Crippen molar-refractivity contribution in [2.75, 3.05) is 11.9 Å². The first-order valence-electron chi connectivity index (χ1n) is 5.78. The average Bonchev–Trinajstić information content (AvgIpc) is 2.87. The molecule has 0 fully saturated rings. The number of nitrogens with zero attached hydrogens (tertiary/aromatic N) is 2. The molecule has 0 aromatic carbocycles. The molecule has 0 saturated carbocycles. The maximum absolute atomic E-state index is 11.8. The maximum atomic E-state index is 11.8. The molecule has 7 nitrogen and oxygen atoms in total. The highest BCUT2D eigenvalue weighted by Gasteiger charge is 2.19. The van der Waals surface area contributed by atoms with E-state index in [2.05, 4.69) is 15.5 Å². The SMILES string of the molecule is Cc1cc(NC(=O)COC(=O)c2ncc(Cl)c(Cl)c2Cl)on1. The molecule has 0 aliphatic rings. The second-order valence-corrected chi connectivity index (χ2v) is 5.20. The van der Waals surface area contributed by atoms with E-state index in [0.717, 1.165) is 6.20 Å². The molecule has 2 heterocycles. The Labute approximate surface area is 139 Å². The molecule has 2 aromatic rings. The number of esters is 1. The van der Waals surface area contributed by atoms with Gasteiger partial charge in [0.1, 0.15) is 0 Å². The molecule has 0 saturated heterocycles. The van der Waals surface area contributed by atoms with Gasteiger partial charge in [-0.25, -0.2) is 9.78 Å². The van der Waals surface area contributed by atoms with Gasteiger partial charge in [-0.05, 0) is 6.92 Å².